The van der Waals surface area contributed by atoms with Crippen molar-refractivity contribution in [2.45, 2.75) is 14.7 Å². The summed E-state index contributed by atoms with van der Waals surface area (Å²) in [6.45, 7) is 0. The Kier molecular flexibility index (Phi) is 3.66. The Morgan fingerprint density at radius 3 is 1.79 bits per heavy atom. The molecule has 0 saturated heterocycles. The molecule has 0 bridgehead atoms. The highest BCUT2D eigenvalue weighted by Crippen LogP contribution is 2.24. The van der Waals surface area contributed by atoms with Gasteiger partial charge in [-0.25, -0.2) is 16.8 Å². The Balaban J connectivity index is 2.61. The second-order valence-corrected chi connectivity index (χ2v) is 8.24. The molecule has 0 radical (unpaired) electrons. The Morgan fingerprint density at radius 1 is 0.684 bits per heavy atom. The van der Waals surface area contributed by atoms with Gasteiger partial charge in [-0.15, -0.1) is 0 Å². The van der Waals surface area contributed by atoms with Crippen LogP contribution in [0.2, 0.25) is 0 Å². The van der Waals surface area contributed by atoms with E-state index in [1.165, 1.54) is 30.3 Å². The molecule has 0 atom stereocenters. The van der Waals surface area contributed by atoms with E-state index in [1.54, 1.807) is 18.2 Å². The third-order valence-corrected chi connectivity index (χ3v) is 5.57. The van der Waals surface area contributed by atoms with Crippen LogP contribution < -0.4 is 0 Å². The molecule has 0 spiro atoms. The van der Waals surface area contributed by atoms with E-state index in [-0.39, 0.29) is 14.7 Å². The molecule has 0 aromatic heterocycles. The zero-order chi connectivity index (χ0) is 14.1. The molecule has 2 aromatic rings. The first-order valence-electron chi connectivity index (χ1n) is 5.17. The predicted octanol–water partition coefficient (Wildman–Crippen LogP) is 2.45. The maximum absolute atomic E-state index is 12.3. The monoisotopic (exact) mass is 316 g/mol. The minimum absolute atomic E-state index is 0.0964. The summed E-state index contributed by atoms with van der Waals surface area (Å²) in [6.07, 6.45) is 0. The van der Waals surface area contributed by atoms with Gasteiger partial charge in [0.25, 0.3) is 9.05 Å². The van der Waals surface area contributed by atoms with Crippen molar-refractivity contribution in [2.24, 2.45) is 0 Å². The summed E-state index contributed by atoms with van der Waals surface area (Å²) >= 11 is 0. The zero-order valence-corrected chi connectivity index (χ0v) is 11.9. The molecular formula is C12H9ClO4S2. The molecule has 0 aliphatic carbocycles. The van der Waals surface area contributed by atoms with Crippen LogP contribution in [0.25, 0.3) is 0 Å². The molecule has 2 rings (SSSR count). The molecule has 0 unspecified atom stereocenters. The molecule has 19 heavy (non-hydrogen) atoms. The van der Waals surface area contributed by atoms with Crippen molar-refractivity contribution in [1.82, 2.24) is 0 Å². The average molecular weight is 317 g/mol. The van der Waals surface area contributed by atoms with Crippen LogP contribution in [-0.2, 0) is 18.9 Å². The number of sulfone groups is 1. The molecule has 2 aromatic carbocycles. The number of halogens is 1. The molecule has 0 saturated carbocycles. The fourth-order valence-corrected chi connectivity index (χ4v) is 3.73. The molecular weight excluding hydrogens is 308 g/mol. The lowest BCUT2D eigenvalue weighted by Crippen LogP contribution is -2.03. The van der Waals surface area contributed by atoms with Crippen molar-refractivity contribution in [3.63, 3.8) is 0 Å². The summed E-state index contributed by atoms with van der Waals surface area (Å²) in [6, 6.07) is 12.7. The van der Waals surface area contributed by atoms with Crippen molar-refractivity contribution in [1.29, 1.82) is 0 Å². The van der Waals surface area contributed by atoms with Crippen LogP contribution in [-0.4, -0.2) is 16.8 Å². The van der Waals surface area contributed by atoms with Crippen LogP contribution in [0.3, 0.4) is 0 Å². The number of benzene rings is 2. The van der Waals surface area contributed by atoms with E-state index in [0.29, 0.717) is 0 Å². The van der Waals surface area contributed by atoms with Gasteiger partial charge in [0.05, 0.1) is 14.7 Å². The lowest BCUT2D eigenvalue weighted by atomic mass is 10.4. The number of hydrogen-bond donors (Lipinski definition) is 0. The summed E-state index contributed by atoms with van der Waals surface area (Å²) in [5.41, 5.74) is 0. The van der Waals surface area contributed by atoms with Crippen LogP contribution >= 0.6 is 10.7 Å². The molecule has 4 nitrogen and oxygen atoms in total. The van der Waals surface area contributed by atoms with E-state index in [9.17, 15) is 16.8 Å². The van der Waals surface area contributed by atoms with Crippen LogP contribution in [0.1, 0.15) is 0 Å². The van der Waals surface area contributed by atoms with Crippen molar-refractivity contribution in [3.8, 4) is 0 Å². The highest BCUT2D eigenvalue weighted by molar-refractivity contribution is 8.13. The fourth-order valence-electron chi connectivity index (χ4n) is 1.53. The van der Waals surface area contributed by atoms with E-state index >= 15 is 0 Å². The molecule has 0 aliphatic rings. The predicted molar refractivity (Wildman–Crippen MR) is 71.4 cm³/mol. The Morgan fingerprint density at radius 2 is 1.21 bits per heavy atom. The highest BCUT2D eigenvalue weighted by Gasteiger charge is 2.19. The van der Waals surface area contributed by atoms with Gasteiger partial charge >= 0.3 is 0 Å². The first-order chi connectivity index (χ1) is 8.82. The van der Waals surface area contributed by atoms with E-state index in [1.807, 2.05) is 0 Å². The van der Waals surface area contributed by atoms with E-state index in [0.717, 1.165) is 6.07 Å². The lowest BCUT2D eigenvalue weighted by molar-refractivity contribution is 0.595. The highest BCUT2D eigenvalue weighted by atomic mass is 35.7. The van der Waals surface area contributed by atoms with Gasteiger partial charge in [0.2, 0.25) is 9.84 Å². The third-order valence-electron chi connectivity index (χ3n) is 2.45. The Labute approximate surface area is 116 Å². The molecule has 0 amide bonds. The molecule has 7 heteroatoms. The van der Waals surface area contributed by atoms with Crippen molar-refractivity contribution >= 4 is 29.6 Å². The smallest absolute Gasteiger partial charge is 0.219 e. The third kappa shape index (κ3) is 2.97. The van der Waals surface area contributed by atoms with Crippen LogP contribution in [0, 0.1) is 0 Å². The van der Waals surface area contributed by atoms with Gasteiger partial charge in [-0.2, -0.15) is 0 Å². The first kappa shape index (κ1) is 14.0. The SMILES string of the molecule is O=S(=O)(Cl)c1cccc(S(=O)(=O)c2ccccc2)c1. The first-order valence-corrected chi connectivity index (χ1v) is 8.96. The summed E-state index contributed by atoms with van der Waals surface area (Å²) in [7, 11) is -2.50. The van der Waals surface area contributed by atoms with E-state index < -0.39 is 18.9 Å². The summed E-state index contributed by atoms with van der Waals surface area (Å²) < 4.78 is 47.0. The van der Waals surface area contributed by atoms with Gasteiger partial charge in [-0.1, -0.05) is 24.3 Å². The molecule has 0 heterocycles. The zero-order valence-electron chi connectivity index (χ0n) is 9.52. The standard InChI is InChI=1S/C12H9ClO4S2/c13-19(16,17)12-8-4-7-11(9-12)18(14,15)10-5-2-1-3-6-10/h1-9H. The van der Waals surface area contributed by atoms with Gasteiger partial charge in [0.15, 0.2) is 0 Å². The van der Waals surface area contributed by atoms with Crippen molar-refractivity contribution in [2.75, 3.05) is 0 Å². The normalized spacial score (nSPS) is 12.3. The Hall–Kier alpha value is -1.37. The fraction of sp³-hybridized carbons (Fsp3) is 0. The lowest BCUT2D eigenvalue weighted by Gasteiger charge is -2.05. The topological polar surface area (TPSA) is 68.3 Å². The van der Waals surface area contributed by atoms with E-state index in [4.69, 9.17) is 10.7 Å². The van der Waals surface area contributed by atoms with Gasteiger partial charge in [0, 0.05) is 10.7 Å². The van der Waals surface area contributed by atoms with Gasteiger partial charge < -0.3 is 0 Å². The van der Waals surface area contributed by atoms with Gasteiger partial charge in [-0.05, 0) is 30.3 Å². The molecule has 0 aliphatic heterocycles. The maximum atomic E-state index is 12.3. The minimum atomic E-state index is -3.96. The Bertz CT molecular complexity index is 797. The molecule has 100 valence electrons. The summed E-state index contributed by atoms with van der Waals surface area (Å²) in [5.74, 6) is 0. The van der Waals surface area contributed by atoms with Gasteiger partial charge in [0.1, 0.15) is 0 Å². The average Bonchev–Trinajstić information content (AvgIpc) is 2.39. The molecule has 0 N–H and O–H groups in total. The maximum Gasteiger partial charge on any atom is 0.261 e. The van der Waals surface area contributed by atoms with Crippen LogP contribution in [0.4, 0.5) is 0 Å². The number of hydrogen-bond acceptors (Lipinski definition) is 4. The molecule has 0 fully saturated rings. The van der Waals surface area contributed by atoms with Crippen molar-refractivity contribution in [3.05, 3.63) is 54.6 Å². The summed E-state index contributed by atoms with van der Waals surface area (Å²) in [5, 5.41) is 0. The minimum Gasteiger partial charge on any atom is -0.219 e. The van der Waals surface area contributed by atoms with E-state index in [2.05, 4.69) is 0 Å². The van der Waals surface area contributed by atoms with Crippen LogP contribution in [0.5, 0.6) is 0 Å². The second-order valence-electron chi connectivity index (χ2n) is 3.73. The van der Waals surface area contributed by atoms with Crippen LogP contribution in [0.15, 0.2) is 69.3 Å². The largest absolute Gasteiger partial charge is 0.261 e. The summed E-state index contributed by atoms with van der Waals surface area (Å²) in [4.78, 5) is -0.259. The quantitative estimate of drug-likeness (QED) is 0.816. The van der Waals surface area contributed by atoms with Gasteiger partial charge in [-0.3, -0.25) is 0 Å². The number of rotatable bonds is 3. The van der Waals surface area contributed by atoms with Crippen molar-refractivity contribution < 1.29 is 16.8 Å². The second kappa shape index (κ2) is 4.96.